The van der Waals surface area contributed by atoms with Crippen molar-refractivity contribution >= 4 is 11.7 Å². The number of nitrogens with one attached hydrogen (secondary N) is 1. The van der Waals surface area contributed by atoms with Crippen molar-refractivity contribution in [3.63, 3.8) is 0 Å². The van der Waals surface area contributed by atoms with Crippen molar-refractivity contribution in [1.82, 2.24) is 4.90 Å². The molecule has 1 atom stereocenters. The van der Waals surface area contributed by atoms with E-state index in [9.17, 15) is 9.18 Å². The van der Waals surface area contributed by atoms with Crippen molar-refractivity contribution in [2.75, 3.05) is 19.0 Å². The van der Waals surface area contributed by atoms with Crippen LogP contribution in [0.1, 0.15) is 32.6 Å². The number of urea groups is 1. The van der Waals surface area contributed by atoms with Crippen LogP contribution in [0.3, 0.4) is 0 Å². The van der Waals surface area contributed by atoms with E-state index in [0.29, 0.717) is 5.69 Å². The summed E-state index contributed by atoms with van der Waals surface area (Å²) in [5.41, 5.74) is 0.360. The van der Waals surface area contributed by atoms with Gasteiger partial charge in [-0.25, -0.2) is 9.18 Å². The van der Waals surface area contributed by atoms with Crippen molar-refractivity contribution in [3.05, 3.63) is 24.0 Å². The lowest BCUT2D eigenvalue weighted by Gasteiger charge is -2.23. The number of carbonyl (C=O) groups is 1. The molecule has 2 N–H and O–H groups in total. The Morgan fingerprint density at radius 2 is 2.18 bits per heavy atom. The highest BCUT2D eigenvalue weighted by Gasteiger charge is 2.19. The molecule has 1 unspecified atom stereocenters. The number of aliphatic hydroxyl groups excluding tert-OH is 1. The van der Waals surface area contributed by atoms with Crippen molar-refractivity contribution in [2.24, 2.45) is 0 Å². The molecule has 0 heterocycles. The minimum Gasteiger partial charge on any atom is -0.487 e. The number of benzene rings is 1. The van der Waals surface area contributed by atoms with Crippen molar-refractivity contribution < 1.29 is 19.0 Å². The standard InChI is InChI=1S/C16H23FN2O3/c1-11(10-20)19(2)16(21)18-12-7-8-15(14(17)9-12)22-13-5-3-4-6-13/h7-9,11,13,20H,3-6,10H2,1-2H3,(H,18,21). The first-order chi connectivity index (χ1) is 10.5. The van der Waals surface area contributed by atoms with E-state index < -0.39 is 11.8 Å². The molecule has 2 rings (SSSR count). The first-order valence-electron chi connectivity index (χ1n) is 7.62. The third kappa shape index (κ3) is 4.10. The molecule has 0 spiro atoms. The normalized spacial score (nSPS) is 16.4. The zero-order chi connectivity index (χ0) is 16.1. The van der Waals surface area contributed by atoms with Gasteiger partial charge in [-0.2, -0.15) is 0 Å². The second-order valence-corrected chi connectivity index (χ2v) is 5.74. The van der Waals surface area contributed by atoms with Crippen LogP contribution in [0.25, 0.3) is 0 Å². The number of nitrogens with zero attached hydrogens (tertiary/aromatic N) is 1. The molecule has 0 radical (unpaired) electrons. The van der Waals surface area contributed by atoms with Crippen molar-refractivity contribution in [3.8, 4) is 5.75 Å². The van der Waals surface area contributed by atoms with Crippen molar-refractivity contribution in [2.45, 2.75) is 44.8 Å². The molecule has 0 saturated heterocycles. The first-order valence-corrected chi connectivity index (χ1v) is 7.62. The van der Waals surface area contributed by atoms with Crippen LogP contribution in [0, 0.1) is 5.82 Å². The van der Waals surface area contributed by atoms with Gasteiger partial charge in [0.25, 0.3) is 0 Å². The van der Waals surface area contributed by atoms with E-state index in [2.05, 4.69) is 5.32 Å². The Labute approximate surface area is 130 Å². The third-order valence-electron chi connectivity index (χ3n) is 4.02. The maximum absolute atomic E-state index is 14.0. The smallest absolute Gasteiger partial charge is 0.321 e. The van der Waals surface area contributed by atoms with Crippen molar-refractivity contribution in [1.29, 1.82) is 0 Å². The third-order valence-corrected chi connectivity index (χ3v) is 4.02. The van der Waals surface area contributed by atoms with Gasteiger partial charge in [-0.1, -0.05) is 0 Å². The molecule has 1 aliphatic rings. The summed E-state index contributed by atoms with van der Waals surface area (Å²) in [6, 6.07) is 3.70. The fourth-order valence-corrected chi connectivity index (χ4v) is 2.39. The lowest BCUT2D eigenvalue weighted by molar-refractivity contribution is 0.166. The Morgan fingerprint density at radius 3 is 2.77 bits per heavy atom. The fourth-order valence-electron chi connectivity index (χ4n) is 2.39. The Balaban J connectivity index is 1.98. The number of carbonyl (C=O) groups excluding carboxylic acids is 1. The average Bonchev–Trinajstić information content (AvgIpc) is 3.01. The molecule has 1 fully saturated rings. The highest BCUT2D eigenvalue weighted by Crippen LogP contribution is 2.27. The molecule has 0 bridgehead atoms. The molecule has 1 saturated carbocycles. The molecule has 1 aliphatic carbocycles. The van der Waals surface area contributed by atoms with Crippen LogP contribution in [0.5, 0.6) is 5.75 Å². The number of halogens is 1. The molecule has 1 aromatic carbocycles. The van der Waals surface area contributed by atoms with Gasteiger partial charge in [-0.3, -0.25) is 0 Å². The zero-order valence-corrected chi connectivity index (χ0v) is 13.0. The number of anilines is 1. The monoisotopic (exact) mass is 310 g/mol. The maximum atomic E-state index is 14.0. The molecule has 0 aliphatic heterocycles. The first kappa shape index (κ1) is 16.5. The van der Waals surface area contributed by atoms with Gasteiger partial charge in [0.1, 0.15) is 0 Å². The fraction of sp³-hybridized carbons (Fsp3) is 0.562. The minimum atomic E-state index is -0.484. The van der Waals surface area contributed by atoms with E-state index in [4.69, 9.17) is 9.84 Å². The van der Waals surface area contributed by atoms with E-state index in [1.54, 1.807) is 26.1 Å². The predicted octanol–water partition coefficient (Wildman–Crippen LogP) is 2.99. The zero-order valence-electron chi connectivity index (χ0n) is 13.0. The average molecular weight is 310 g/mol. The Kier molecular flexibility index (Phi) is 5.60. The largest absolute Gasteiger partial charge is 0.487 e. The SMILES string of the molecule is CC(CO)N(C)C(=O)Nc1ccc(OC2CCCC2)c(F)c1. The molecular formula is C16H23FN2O3. The summed E-state index contributed by atoms with van der Waals surface area (Å²) < 4.78 is 19.7. The number of rotatable bonds is 5. The number of amides is 2. The predicted molar refractivity (Wildman–Crippen MR) is 82.6 cm³/mol. The number of aliphatic hydroxyl groups is 1. The number of hydrogen-bond acceptors (Lipinski definition) is 3. The van der Waals surface area contributed by atoms with Crippen LogP contribution >= 0.6 is 0 Å². The highest BCUT2D eigenvalue weighted by atomic mass is 19.1. The summed E-state index contributed by atoms with van der Waals surface area (Å²) in [5.74, 6) is -0.260. The van der Waals surface area contributed by atoms with Gasteiger partial charge in [0.2, 0.25) is 0 Å². The van der Waals surface area contributed by atoms with Gasteiger partial charge >= 0.3 is 6.03 Å². The summed E-state index contributed by atoms with van der Waals surface area (Å²) >= 11 is 0. The van der Waals surface area contributed by atoms with Crippen LogP contribution in [-0.4, -0.2) is 41.8 Å². The maximum Gasteiger partial charge on any atom is 0.321 e. The lowest BCUT2D eigenvalue weighted by Crippen LogP contribution is -2.40. The van der Waals surface area contributed by atoms with Crippen LogP contribution < -0.4 is 10.1 Å². The van der Waals surface area contributed by atoms with Gasteiger partial charge in [-0.05, 0) is 44.7 Å². The molecule has 2 amide bonds. The van der Waals surface area contributed by atoms with Crippen LogP contribution in [0.4, 0.5) is 14.9 Å². The Morgan fingerprint density at radius 1 is 1.50 bits per heavy atom. The van der Waals surface area contributed by atoms with Crippen LogP contribution in [-0.2, 0) is 0 Å². The van der Waals surface area contributed by atoms with Gasteiger partial charge in [0.05, 0.1) is 18.8 Å². The molecule has 122 valence electrons. The highest BCUT2D eigenvalue weighted by molar-refractivity contribution is 5.89. The van der Waals surface area contributed by atoms with E-state index in [1.807, 2.05) is 0 Å². The number of ether oxygens (including phenoxy) is 1. The Bertz CT molecular complexity index is 518. The molecule has 0 aromatic heterocycles. The van der Waals surface area contributed by atoms with E-state index in [-0.39, 0.29) is 24.5 Å². The van der Waals surface area contributed by atoms with Crippen LogP contribution in [0.15, 0.2) is 18.2 Å². The van der Waals surface area contributed by atoms with Gasteiger partial charge < -0.3 is 20.1 Å². The summed E-state index contributed by atoms with van der Waals surface area (Å²) in [5, 5.41) is 11.6. The lowest BCUT2D eigenvalue weighted by atomic mass is 10.2. The molecule has 5 nitrogen and oxygen atoms in total. The van der Waals surface area contributed by atoms with Crippen LogP contribution in [0.2, 0.25) is 0 Å². The topological polar surface area (TPSA) is 61.8 Å². The second-order valence-electron chi connectivity index (χ2n) is 5.74. The Hall–Kier alpha value is -1.82. The van der Waals surface area contributed by atoms with Gasteiger partial charge in [0.15, 0.2) is 11.6 Å². The van der Waals surface area contributed by atoms with Gasteiger partial charge in [0, 0.05) is 18.8 Å². The molecule has 1 aromatic rings. The van der Waals surface area contributed by atoms with E-state index in [1.165, 1.54) is 11.0 Å². The number of hydrogen-bond donors (Lipinski definition) is 2. The summed E-state index contributed by atoms with van der Waals surface area (Å²) in [6.45, 7) is 1.59. The van der Waals surface area contributed by atoms with E-state index >= 15 is 0 Å². The molecule has 6 heteroatoms. The molecule has 22 heavy (non-hydrogen) atoms. The van der Waals surface area contributed by atoms with Gasteiger partial charge in [-0.15, -0.1) is 0 Å². The summed E-state index contributed by atoms with van der Waals surface area (Å²) in [4.78, 5) is 13.3. The molecular weight excluding hydrogens is 287 g/mol. The second kappa shape index (κ2) is 7.45. The summed E-state index contributed by atoms with van der Waals surface area (Å²) in [7, 11) is 1.57. The number of likely N-dealkylation sites (N-methyl/N-ethyl adjacent to an activating group) is 1. The summed E-state index contributed by atoms with van der Waals surface area (Å²) in [6.07, 6.45) is 4.25. The minimum absolute atomic E-state index is 0.0893. The van der Waals surface area contributed by atoms with E-state index in [0.717, 1.165) is 25.7 Å². The quantitative estimate of drug-likeness (QED) is 0.879.